The van der Waals surface area contributed by atoms with E-state index in [1.807, 2.05) is 54.7 Å². The van der Waals surface area contributed by atoms with Crippen LogP contribution in [0.4, 0.5) is 0 Å². The lowest BCUT2D eigenvalue weighted by Crippen LogP contribution is -2.09. The molecule has 0 aliphatic rings. The lowest BCUT2D eigenvalue weighted by atomic mass is 10.1. The zero-order valence-electron chi connectivity index (χ0n) is 13.6. The highest BCUT2D eigenvalue weighted by Gasteiger charge is 2.11. The zero-order valence-corrected chi connectivity index (χ0v) is 13.6. The van der Waals surface area contributed by atoms with Crippen LogP contribution in [0.1, 0.15) is 11.7 Å². The van der Waals surface area contributed by atoms with E-state index in [-0.39, 0.29) is 0 Å². The van der Waals surface area contributed by atoms with Gasteiger partial charge < -0.3 is 14.6 Å². The molecule has 0 fully saturated rings. The van der Waals surface area contributed by atoms with Crippen LogP contribution in [0.5, 0.6) is 11.5 Å². The normalized spacial score (nSPS) is 12.0. The van der Waals surface area contributed by atoms with Crippen LogP contribution in [0.2, 0.25) is 0 Å². The first-order valence-electron chi connectivity index (χ1n) is 7.56. The fourth-order valence-corrected chi connectivity index (χ4v) is 2.41. The average Bonchev–Trinajstić information content (AvgIpc) is 3.10. The van der Waals surface area contributed by atoms with E-state index in [4.69, 9.17) is 9.47 Å². The van der Waals surface area contributed by atoms with Gasteiger partial charge >= 0.3 is 0 Å². The summed E-state index contributed by atoms with van der Waals surface area (Å²) in [5, 5.41) is 18.6. The smallest absolute Gasteiger partial charge is 0.119 e. The molecule has 0 aliphatic heterocycles. The van der Waals surface area contributed by atoms with Gasteiger partial charge in [-0.1, -0.05) is 29.5 Å². The Morgan fingerprint density at radius 1 is 1.04 bits per heavy atom. The summed E-state index contributed by atoms with van der Waals surface area (Å²) in [4.78, 5) is 0. The van der Waals surface area contributed by atoms with Gasteiger partial charge in [0.1, 0.15) is 17.2 Å². The van der Waals surface area contributed by atoms with Crippen molar-refractivity contribution in [2.45, 2.75) is 12.6 Å². The quantitative estimate of drug-likeness (QED) is 0.754. The molecule has 1 unspecified atom stereocenters. The lowest BCUT2D eigenvalue weighted by Gasteiger charge is -2.11. The first kappa shape index (κ1) is 16.0. The fourth-order valence-electron chi connectivity index (χ4n) is 2.41. The Labute approximate surface area is 140 Å². The first-order valence-corrected chi connectivity index (χ1v) is 7.56. The van der Waals surface area contributed by atoms with Crippen molar-refractivity contribution in [2.24, 2.45) is 0 Å². The molecule has 0 radical (unpaired) electrons. The van der Waals surface area contributed by atoms with E-state index < -0.39 is 6.10 Å². The standard InChI is InChI=1S/C18H19N3O3/c1-23-15-8-6-13(7-9-15)18(22)12-21-11-17(19-20-21)14-4-3-5-16(10-14)24-2/h3-11,18,22H,12H2,1-2H3. The van der Waals surface area contributed by atoms with Crippen LogP contribution in [0, 0.1) is 0 Å². The minimum Gasteiger partial charge on any atom is -0.497 e. The van der Waals surface area contributed by atoms with Crippen LogP contribution >= 0.6 is 0 Å². The number of hydrogen-bond acceptors (Lipinski definition) is 5. The van der Waals surface area contributed by atoms with Crippen molar-refractivity contribution in [3.8, 4) is 22.8 Å². The molecule has 1 N–H and O–H groups in total. The summed E-state index contributed by atoms with van der Waals surface area (Å²) >= 11 is 0. The molecular formula is C18H19N3O3. The monoisotopic (exact) mass is 325 g/mol. The third-order valence-corrected chi connectivity index (χ3v) is 3.76. The van der Waals surface area contributed by atoms with Crippen LogP contribution in [-0.4, -0.2) is 34.3 Å². The number of rotatable bonds is 6. The van der Waals surface area contributed by atoms with E-state index in [0.29, 0.717) is 6.54 Å². The van der Waals surface area contributed by atoms with Crippen molar-refractivity contribution in [1.82, 2.24) is 15.0 Å². The van der Waals surface area contributed by atoms with Crippen LogP contribution < -0.4 is 9.47 Å². The molecule has 0 aliphatic carbocycles. The molecule has 3 aromatic rings. The summed E-state index contributed by atoms with van der Waals surface area (Å²) in [6.07, 6.45) is 1.14. The minimum atomic E-state index is -0.671. The molecule has 0 saturated heterocycles. The van der Waals surface area contributed by atoms with Gasteiger partial charge in [-0.3, -0.25) is 0 Å². The van der Waals surface area contributed by atoms with Crippen molar-refractivity contribution in [3.63, 3.8) is 0 Å². The molecule has 2 aromatic carbocycles. The number of aliphatic hydroxyl groups is 1. The van der Waals surface area contributed by atoms with Gasteiger partial charge in [-0.15, -0.1) is 5.10 Å². The fraction of sp³-hybridized carbons (Fsp3) is 0.222. The number of methoxy groups -OCH3 is 2. The van der Waals surface area contributed by atoms with Crippen molar-refractivity contribution < 1.29 is 14.6 Å². The lowest BCUT2D eigenvalue weighted by molar-refractivity contribution is 0.150. The highest BCUT2D eigenvalue weighted by atomic mass is 16.5. The Morgan fingerprint density at radius 3 is 2.50 bits per heavy atom. The number of hydrogen-bond donors (Lipinski definition) is 1. The van der Waals surface area contributed by atoms with Gasteiger partial charge in [-0.2, -0.15) is 0 Å². The van der Waals surface area contributed by atoms with Gasteiger partial charge in [0, 0.05) is 5.56 Å². The second kappa shape index (κ2) is 7.14. The molecule has 0 bridgehead atoms. The van der Waals surface area contributed by atoms with Crippen LogP contribution in [0.25, 0.3) is 11.3 Å². The summed E-state index contributed by atoms with van der Waals surface area (Å²) in [6, 6.07) is 14.9. The second-order valence-electron chi connectivity index (χ2n) is 5.35. The topological polar surface area (TPSA) is 69.4 Å². The second-order valence-corrected chi connectivity index (χ2v) is 5.35. The Kier molecular flexibility index (Phi) is 4.77. The predicted octanol–water partition coefficient (Wildman–Crippen LogP) is 2.70. The Hall–Kier alpha value is -2.86. The van der Waals surface area contributed by atoms with Crippen molar-refractivity contribution >= 4 is 0 Å². The molecule has 124 valence electrons. The Morgan fingerprint density at radius 2 is 1.79 bits per heavy atom. The van der Waals surface area contributed by atoms with Crippen LogP contribution in [-0.2, 0) is 6.54 Å². The third-order valence-electron chi connectivity index (χ3n) is 3.76. The van der Waals surface area contributed by atoms with Crippen LogP contribution in [0.3, 0.4) is 0 Å². The number of aliphatic hydroxyl groups excluding tert-OH is 1. The number of ether oxygens (including phenoxy) is 2. The Balaban J connectivity index is 1.72. The molecule has 1 heterocycles. The van der Waals surface area contributed by atoms with Crippen molar-refractivity contribution in [3.05, 3.63) is 60.3 Å². The van der Waals surface area contributed by atoms with E-state index in [2.05, 4.69) is 10.3 Å². The molecule has 24 heavy (non-hydrogen) atoms. The molecule has 0 spiro atoms. The molecule has 3 rings (SSSR count). The van der Waals surface area contributed by atoms with Gasteiger partial charge in [0.25, 0.3) is 0 Å². The highest BCUT2D eigenvalue weighted by Crippen LogP contribution is 2.23. The maximum absolute atomic E-state index is 10.4. The molecular weight excluding hydrogens is 306 g/mol. The van der Waals surface area contributed by atoms with E-state index in [9.17, 15) is 5.11 Å². The van der Waals surface area contributed by atoms with E-state index >= 15 is 0 Å². The number of nitrogens with zero attached hydrogens (tertiary/aromatic N) is 3. The minimum absolute atomic E-state index is 0.323. The van der Waals surface area contributed by atoms with Crippen molar-refractivity contribution in [1.29, 1.82) is 0 Å². The summed E-state index contributed by atoms with van der Waals surface area (Å²) in [7, 11) is 3.24. The predicted molar refractivity (Wildman–Crippen MR) is 90.0 cm³/mol. The summed E-state index contributed by atoms with van der Waals surface area (Å²) in [5.41, 5.74) is 2.45. The van der Waals surface area contributed by atoms with Gasteiger partial charge in [0.2, 0.25) is 0 Å². The first-order chi connectivity index (χ1) is 11.7. The SMILES string of the molecule is COc1ccc(C(O)Cn2cc(-c3cccc(OC)c3)nn2)cc1. The van der Waals surface area contributed by atoms with Gasteiger partial charge in [-0.05, 0) is 29.8 Å². The van der Waals surface area contributed by atoms with Gasteiger partial charge in [0.15, 0.2) is 0 Å². The van der Waals surface area contributed by atoms with Gasteiger partial charge in [-0.25, -0.2) is 4.68 Å². The summed E-state index contributed by atoms with van der Waals surface area (Å²) in [5.74, 6) is 1.52. The van der Waals surface area contributed by atoms with E-state index in [1.54, 1.807) is 18.9 Å². The molecule has 1 aromatic heterocycles. The molecule has 6 nitrogen and oxygen atoms in total. The van der Waals surface area contributed by atoms with Crippen molar-refractivity contribution in [2.75, 3.05) is 14.2 Å². The maximum atomic E-state index is 10.4. The van der Waals surface area contributed by atoms with Gasteiger partial charge in [0.05, 0.1) is 33.1 Å². The van der Waals surface area contributed by atoms with Crippen LogP contribution in [0.15, 0.2) is 54.7 Å². The largest absolute Gasteiger partial charge is 0.497 e. The summed E-state index contributed by atoms with van der Waals surface area (Å²) in [6.45, 7) is 0.323. The van der Waals surface area contributed by atoms with E-state index in [0.717, 1.165) is 28.3 Å². The third kappa shape index (κ3) is 3.55. The zero-order chi connectivity index (χ0) is 16.9. The molecule has 1 atom stereocenters. The highest BCUT2D eigenvalue weighted by molar-refractivity contribution is 5.59. The number of benzene rings is 2. The van der Waals surface area contributed by atoms with E-state index in [1.165, 1.54) is 0 Å². The number of aromatic nitrogens is 3. The molecule has 6 heteroatoms. The summed E-state index contributed by atoms with van der Waals surface area (Å²) < 4.78 is 12.0. The molecule has 0 amide bonds. The maximum Gasteiger partial charge on any atom is 0.119 e. The average molecular weight is 325 g/mol. The Bertz CT molecular complexity index is 799. The molecule has 0 saturated carbocycles.